The van der Waals surface area contributed by atoms with Crippen LogP contribution in [0.15, 0.2) is 0 Å². The molecule has 0 bridgehead atoms. The molecule has 4 fully saturated rings. The number of hydrogen-bond acceptors (Lipinski definition) is 6. The van der Waals surface area contributed by atoms with Gasteiger partial charge >= 0.3 is 183 Å². The van der Waals surface area contributed by atoms with Crippen LogP contribution in [0.1, 0.15) is 27.7 Å². The summed E-state index contributed by atoms with van der Waals surface area (Å²) < 4.78 is 5.28. The fraction of sp³-hybridized carbons (Fsp3) is 1.00. The third-order valence-corrected chi connectivity index (χ3v) is 22.0. The molecule has 0 aromatic heterocycles. The minimum atomic E-state index is 0. The maximum atomic E-state index is 2.40. The maximum absolute atomic E-state index is 2.40. The second-order valence-electron chi connectivity index (χ2n) is 5.81. The molecular weight excluding hydrogens is 830 g/mol. The van der Waals surface area contributed by atoms with E-state index in [1.165, 1.54) is 51.5 Å². The van der Waals surface area contributed by atoms with Gasteiger partial charge in [-0.2, -0.15) is 0 Å². The van der Waals surface area contributed by atoms with Crippen molar-refractivity contribution in [1.82, 2.24) is 0 Å². The van der Waals surface area contributed by atoms with Gasteiger partial charge in [0.1, 0.15) is 0 Å². The van der Waals surface area contributed by atoms with Crippen LogP contribution in [-0.2, 0) is 0 Å². The molecule has 4 saturated heterocycles. The van der Waals surface area contributed by atoms with E-state index in [-0.39, 0.29) is 17.1 Å². The molecule has 8 atom stereocenters. The Labute approximate surface area is 197 Å². The van der Waals surface area contributed by atoms with Gasteiger partial charge in [-0.3, -0.25) is 0 Å². The molecule has 0 saturated carbocycles. The van der Waals surface area contributed by atoms with E-state index in [2.05, 4.69) is 98.3 Å². The molecule has 4 aliphatic rings. The second-order valence-corrected chi connectivity index (χ2v) is 26.6. The van der Waals surface area contributed by atoms with Gasteiger partial charge in [0.25, 0.3) is 0 Å². The number of hydrogen-bond donors (Lipinski definition) is 0. The van der Waals surface area contributed by atoms with Gasteiger partial charge in [-0.15, -0.1) is 0 Å². The molecule has 0 amide bonds. The van der Waals surface area contributed by atoms with E-state index in [0.717, 1.165) is 33.4 Å². The summed E-state index contributed by atoms with van der Waals surface area (Å²) in [6.07, 6.45) is 0. The molecule has 8 radical (unpaired) electrons. The molecule has 4 heterocycles. The minimum absolute atomic E-state index is 0. The van der Waals surface area contributed by atoms with E-state index >= 15 is 0 Å². The molecular formula is C12H18Pb2S6Se. The first-order valence-corrected chi connectivity index (χ1v) is 16.1. The fourth-order valence-corrected chi connectivity index (χ4v) is 16.5. The summed E-state index contributed by atoms with van der Waals surface area (Å²) in [6.45, 7) is 9.47. The predicted octanol–water partition coefficient (Wildman–Crippen LogP) is 3.90. The van der Waals surface area contributed by atoms with Gasteiger partial charge in [0.15, 0.2) is 0 Å². The first kappa shape index (κ1) is 21.8. The Kier molecular flexibility index (Phi) is 8.52. The van der Waals surface area contributed by atoms with Crippen LogP contribution in [0.2, 0.25) is 0 Å². The Bertz CT molecular complexity index is 360. The molecule has 0 aromatic rings. The SMILES string of the molecule is CC1SC1SC1S[C]1(C)[Pb].CC1SC1SC1S[C]1(C)[Pb].[Se]. The molecule has 4 rings (SSSR count). The average Bonchev–Trinajstić information content (AvgIpc) is 3.22. The van der Waals surface area contributed by atoms with Gasteiger partial charge < -0.3 is 0 Å². The topological polar surface area (TPSA) is 0 Å². The van der Waals surface area contributed by atoms with Crippen LogP contribution in [0.5, 0.6) is 0 Å². The number of rotatable bonds is 4. The van der Waals surface area contributed by atoms with Gasteiger partial charge in [0, 0.05) is 17.1 Å². The summed E-state index contributed by atoms with van der Waals surface area (Å²) in [5.41, 5.74) is 0. The van der Waals surface area contributed by atoms with Crippen molar-refractivity contribution in [2.75, 3.05) is 0 Å². The number of thioether (sulfide) groups is 6. The van der Waals surface area contributed by atoms with Crippen molar-refractivity contribution in [2.45, 2.75) is 61.1 Å². The van der Waals surface area contributed by atoms with Gasteiger partial charge in [0.05, 0.1) is 0 Å². The summed E-state index contributed by atoms with van der Waals surface area (Å²) in [6, 6.07) is 0. The summed E-state index contributed by atoms with van der Waals surface area (Å²) in [7, 11) is 0. The Morgan fingerprint density at radius 2 is 1.05 bits per heavy atom. The van der Waals surface area contributed by atoms with Gasteiger partial charge in [-0.25, -0.2) is 0 Å². The predicted molar refractivity (Wildman–Crippen MR) is 114 cm³/mol. The van der Waals surface area contributed by atoms with Crippen LogP contribution in [-0.4, -0.2) is 102 Å². The van der Waals surface area contributed by atoms with E-state index in [1.54, 1.807) is 0 Å². The molecule has 21 heavy (non-hydrogen) atoms. The second kappa shape index (κ2) is 8.23. The van der Waals surface area contributed by atoms with E-state index in [9.17, 15) is 0 Å². The third kappa shape index (κ3) is 6.85. The standard InChI is InChI=1S/2C6H9S3.2Pb.Se/c2*1-3-5(7-3)9-6-4(2)8-6;;;/h2*3,5-6H,1-2H3;;;. The van der Waals surface area contributed by atoms with Crippen molar-refractivity contribution in [3.05, 3.63) is 0 Å². The molecule has 116 valence electrons. The first-order valence-electron chi connectivity index (χ1n) is 6.66. The first-order chi connectivity index (χ1) is 9.19. The van der Waals surface area contributed by atoms with Crippen molar-refractivity contribution in [1.29, 1.82) is 0 Å². The Morgan fingerprint density at radius 1 is 0.810 bits per heavy atom. The molecule has 4 aliphatic heterocycles. The molecule has 0 spiro atoms. The van der Waals surface area contributed by atoms with Gasteiger partial charge in [-0.05, 0) is 0 Å². The molecule has 0 aromatic carbocycles. The normalized spacial score (nSPS) is 55.7. The van der Waals surface area contributed by atoms with Crippen molar-refractivity contribution in [3.63, 3.8) is 0 Å². The van der Waals surface area contributed by atoms with Crippen LogP contribution in [0.4, 0.5) is 0 Å². The van der Waals surface area contributed by atoms with E-state index < -0.39 is 0 Å². The molecule has 9 heteroatoms. The van der Waals surface area contributed by atoms with Gasteiger partial charge in [0.2, 0.25) is 0 Å². The average molecular weight is 848 g/mol. The monoisotopic (exact) mass is 850 g/mol. The van der Waals surface area contributed by atoms with Gasteiger partial charge in [-0.1, -0.05) is 0 Å². The molecule has 8 unspecified atom stereocenters. The smallest absolute Gasteiger partial charge is 0 e. The van der Waals surface area contributed by atoms with Crippen molar-refractivity contribution in [2.24, 2.45) is 0 Å². The molecule has 0 nitrogen and oxygen atoms in total. The maximum Gasteiger partial charge on any atom is 0 e. The fourth-order valence-electron chi connectivity index (χ4n) is 1.55. The minimum Gasteiger partial charge on any atom is 0 e. The molecule has 0 aliphatic carbocycles. The zero-order chi connectivity index (χ0) is 14.7. The van der Waals surface area contributed by atoms with Crippen LogP contribution in [0.3, 0.4) is 0 Å². The third-order valence-electron chi connectivity index (χ3n) is 3.32. The quantitative estimate of drug-likeness (QED) is 0.309. The largest absolute Gasteiger partial charge is 0 e. The zero-order valence-corrected chi connectivity index (χ0v) is 26.7. The van der Waals surface area contributed by atoms with E-state index in [1.807, 2.05) is 0 Å². The van der Waals surface area contributed by atoms with Crippen molar-refractivity contribution in [3.8, 4) is 0 Å². The summed E-state index contributed by atoms with van der Waals surface area (Å²) >= 11 is 15.7. The summed E-state index contributed by atoms with van der Waals surface area (Å²) in [5.74, 6) is 0. The van der Waals surface area contributed by atoms with Crippen molar-refractivity contribution >= 4 is 139 Å². The van der Waals surface area contributed by atoms with E-state index in [0.29, 0.717) is 0 Å². The van der Waals surface area contributed by atoms with Crippen LogP contribution >= 0.6 is 70.6 Å². The zero-order valence-electron chi connectivity index (χ0n) is 12.3. The van der Waals surface area contributed by atoms with Crippen LogP contribution in [0.25, 0.3) is 0 Å². The Balaban J connectivity index is 0.000000147. The Morgan fingerprint density at radius 3 is 1.19 bits per heavy atom. The summed E-state index contributed by atoms with van der Waals surface area (Å²) in [5, 5.41) is 1.90. The summed E-state index contributed by atoms with van der Waals surface area (Å²) in [4.78, 5) is 0. The van der Waals surface area contributed by atoms with Crippen LogP contribution in [0, 0.1) is 0 Å². The van der Waals surface area contributed by atoms with E-state index in [4.69, 9.17) is 0 Å². The van der Waals surface area contributed by atoms with Crippen molar-refractivity contribution < 1.29 is 0 Å². The van der Waals surface area contributed by atoms with Crippen LogP contribution < -0.4 is 0 Å². The Hall–Kier alpha value is 4.46. The molecule has 0 N–H and O–H groups in total.